The van der Waals surface area contributed by atoms with Crippen LogP contribution in [0.4, 0.5) is 0 Å². The number of ether oxygens (including phenoxy) is 2. The molecule has 11 nitrogen and oxygen atoms in total. The Hall–Kier alpha value is -3.48. The summed E-state index contributed by atoms with van der Waals surface area (Å²) in [5.41, 5.74) is 6.86. The molecule has 2 aliphatic rings. The zero-order chi connectivity index (χ0) is 27.6. The minimum absolute atomic E-state index is 0.0580. The molecule has 2 N–H and O–H groups in total. The van der Waals surface area contributed by atoms with Gasteiger partial charge in [-0.15, -0.1) is 0 Å². The second kappa shape index (κ2) is 11.1. The fraction of sp³-hybridized carbons (Fsp3) is 0.423. The van der Waals surface area contributed by atoms with E-state index < -0.39 is 33.8 Å². The van der Waals surface area contributed by atoms with Crippen molar-refractivity contribution in [3.63, 3.8) is 0 Å². The van der Waals surface area contributed by atoms with Crippen molar-refractivity contribution in [2.24, 2.45) is 5.73 Å². The van der Waals surface area contributed by atoms with Crippen molar-refractivity contribution in [2.75, 3.05) is 54.0 Å². The van der Waals surface area contributed by atoms with Crippen LogP contribution in [-0.4, -0.2) is 94.3 Å². The third-order valence-corrected chi connectivity index (χ3v) is 8.97. The summed E-state index contributed by atoms with van der Waals surface area (Å²) >= 11 is 0. The number of nitrogens with two attached hydrogens (primary N) is 1. The molecule has 4 rings (SSSR count). The van der Waals surface area contributed by atoms with E-state index >= 15 is 0 Å². The molecule has 0 saturated carbocycles. The van der Waals surface area contributed by atoms with Crippen molar-refractivity contribution in [3.05, 3.63) is 58.7 Å². The summed E-state index contributed by atoms with van der Waals surface area (Å²) in [5.74, 6) is -1.59. The van der Waals surface area contributed by atoms with Crippen LogP contribution in [0.15, 0.2) is 41.3 Å². The normalized spacial score (nSPS) is 18.8. The third-order valence-electron chi connectivity index (χ3n) is 7.05. The molecule has 1 unspecified atom stereocenters. The maximum atomic E-state index is 13.8. The van der Waals surface area contributed by atoms with Crippen molar-refractivity contribution in [1.82, 2.24) is 14.1 Å². The molecule has 0 aliphatic carbocycles. The van der Waals surface area contributed by atoms with Crippen molar-refractivity contribution in [3.8, 4) is 5.75 Å². The van der Waals surface area contributed by atoms with Crippen LogP contribution in [0.1, 0.15) is 44.3 Å². The number of hydrogen-bond donors (Lipinski definition) is 1. The highest BCUT2D eigenvalue weighted by Gasteiger charge is 2.40. The van der Waals surface area contributed by atoms with Gasteiger partial charge in [0.1, 0.15) is 10.6 Å². The van der Waals surface area contributed by atoms with Crippen molar-refractivity contribution >= 4 is 27.8 Å². The number of fused-ring (bicyclic) bond motifs is 1. The Bertz CT molecular complexity index is 1340. The Morgan fingerprint density at radius 2 is 1.63 bits per heavy atom. The van der Waals surface area contributed by atoms with Gasteiger partial charge in [0.25, 0.3) is 5.91 Å². The molecule has 2 aliphatic heterocycles. The lowest BCUT2D eigenvalue weighted by Crippen LogP contribution is -2.44. The number of methoxy groups -OCH3 is 2. The summed E-state index contributed by atoms with van der Waals surface area (Å²) < 4.78 is 39.5. The molecule has 2 aromatic rings. The molecule has 2 aromatic carbocycles. The predicted molar refractivity (Wildman–Crippen MR) is 138 cm³/mol. The number of carbonyl (C=O) groups is 3. The van der Waals surface area contributed by atoms with Gasteiger partial charge < -0.3 is 25.0 Å². The van der Waals surface area contributed by atoms with Gasteiger partial charge in [-0.1, -0.05) is 0 Å². The first-order valence-corrected chi connectivity index (χ1v) is 13.7. The molecule has 204 valence electrons. The molecule has 0 radical (unpaired) electrons. The number of primary amides is 1. The lowest BCUT2D eigenvalue weighted by molar-refractivity contribution is -0.146. The lowest BCUT2D eigenvalue weighted by atomic mass is 9.91. The van der Waals surface area contributed by atoms with Gasteiger partial charge in [0.2, 0.25) is 15.9 Å². The van der Waals surface area contributed by atoms with Gasteiger partial charge in [-0.2, -0.15) is 4.31 Å². The molecule has 2 amide bonds. The first-order chi connectivity index (χ1) is 18.1. The number of carbonyl (C=O) groups excluding carboxylic acids is 3. The summed E-state index contributed by atoms with van der Waals surface area (Å²) in [5, 5.41) is 0. The van der Waals surface area contributed by atoms with Gasteiger partial charge >= 0.3 is 5.97 Å². The van der Waals surface area contributed by atoms with Crippen LogP contribution in [0, 0.1) is 0 Å². The Labute approximate surface area is 222 Å². The van der Waals surface area contributed by atoms with Crippen LogP contribution in [0.2, 0.25) is 0 Å². The number of sulfonamides is 1. The third kappa shape index (κ3) is 5.24. The van der Waals surface area contributed by atoms with Gasteiger partial charge in [0.15, 0.2) is 6.04 Å². The molecule has 38 heavy (non-hydrogen) atoms. The van der Waals surface area contributed by atoms with E-state index in [1.165, 1.54) is 53.8 Å². The predicted octanol–water partition coefficient (Wildman–Crippen LogP) is 1.03. The number of nitrogens with zero attached hydrogens (tertiary/aromatic N) is 3. The summed E-state index contributed by atoms with van der Waals surface area (Å²) in [6.07, 6.45) is 1.06. The second-order valence-corrected chi connectivity index (χ2v) is 11.3. The molecule has 0 bridgehead atoms. The highest BCUT2D eigenvalue weighted by Crippen LogP contribution is 2.38. The van der Waals surface area contributed by atoms with Crippen molar-refractivity contribution in [1.29, 1.82) is 0 Å². The molecule has 0 aromatic heterocycles. The smallest absolute Gasteiger partial charge is 0.333 e. The van der Waals surface area contributed by atoms with E-state index in [2.05, 4.69) is 4.90 Å². The number of hydrogen-bond acceptors (Lipinski definition) is 8. The zero-order valence-corrected chi connectivity index (χ0v) is 22.5. The van der Waals surface area contributed by atoms with Crippen LogP contribution in [0.3, 0.4) is 0 Å². The number of likely N-dealkylation sites (N-methyl/N-ethyl adjacent to an activating group) is 1. The SMILES string of the molecule is COC(=O)C1c2cc(S(=O)(=O)N3CCCN(C)CC3)c(OC)cc2CCN1C(=O)c1ccc(C(N)=O)cc1. The van der Waals surface area contributed by atoms with Gasteiger partial charge in [0, 0.05) is 37.3 Å². The fourth-order valence-electron chi connectivity index (χ4n) is 4.92. The minimum Gasteiger partial charge on any atom is -0.495 e. The maximum absolute atomic E-state index is 13.8. The minimum atomic E-state index is -3.96. The summed E-state index contributed by atoms with van der Waals surface area (Å²) in [6.45, 7) is 2.25. The molecule has 2 heterocycles. The van der Waals surface area contributed by atoms with Crippen molar-refractivity contribution in [2.45, 2.75) is 23.8 Å². The molecule has 1 atom stereocenters. The number of amides is 2. The standard InChI is InChI=1S/C26H32N4O7S/c1-28-10-4-11-29(14-13-28)38(34,35)22-16-20-19(15-21(22)36-2)9-12-30(23(20)26(33)37-3)25(32)18-7-5-17(6-8-18)24(27)31/h5-8,15-16,23H,4,9-14H2,1-3H3,(H2,27,31). The van der Waals surface area contributed by atoms with E-state index in [0.29, 0.717) is 43.6 Å². The van der Waals surface area contributed by atoms with Gasteiger partial charge in [0.05, 0.1) is 14.2 Å². The van der Waals surface area contributed by atoms with Crippen LogP contribution in [-0.2, 0) is 26.0 Å². The van der Waals surface area contributed by atoms with Crippen LogP contribution < -0.4 is 10.5 Å². The first-order valence-electron chi connectivity index (χ1n) is 12.3. The van der Waals surface area contributed by atoms with Crippen molar-refractivity contribution < 1.29 is 32.3 Å². The zero-order valence-electron chi connectivity index (χ0n) is 21.7. The summed E-state index contributed by atoms with van der Waals surface area (Å²) in [7, 11) is 0.611. The van der Waals surface area contributed by atoms with E-state index in [1.54, 1.807) is 6.07 Å². The van der Waals surface area contributed by atoms with E-state index in [1.807, 2.05) is 7.05 Å². The van der Waals surface area contributed by atoms with Crippen LogP contribution in [0.25, 0.3) is 0 Å². The number of rotatable bonds is 6. The Morgan fingerprint density at radius 1 is 0.947 bits per heavy atom. The highest BCUT2D eigenvalue weighted by atomic mass is 32.2. The topological polar surface area (TPSA) is 140 Å². The largest absolute Gasteiger partial charge is 0.495 e. The average Bonchev–Trinajstić information content (AvgIpc) is 3.15. The summed E-state index contributed by atoms with van der Waals surface area (Å²) in [4.78, 5) is 41.3. The molecular weight excluding hydrogens is 512 g/mol. The maximum Gasteiger partial charge on any atom is 0.333 e. The van der Waals surface area contributed by atoms with E-state index in [-0.39, 0.29) is 28.3 Å². The molecule has 12 heteroatoms. The Morgan fingerprint density at radius 3 is 2.26 bits per heavy atom. The van der Waals surface area contributed by atoms with Crippen LogP contribution in [0.5, 0.6) is 5.75 Å². The van der Waals surface area contributed by atoms with Gasteiger partial charge in [-0.3, -0.25) is 9.59 Å². The van der Waals surface area contributed by atoms with Gasteiger partial charge in [-0.25, -0.2) is 13.2 Å². The van der Waals surface area contributed by atoms with Crippen LogP contribution >= 0.6 is 0 Å². The summed E-state index contributed by atoms with van der Waals surface area (Å²) in [6, 6.07) is 7.71. The average molecular weight is 545 g/mol. The van der Waals surface area contributed by atoms with Gasteiger partial charge in [-0.05, 0) is 74.0 Å². The quantitative estimate of drug-likeness (QED) is 0.532. The Balaban J connectivity index is 1.77. The molecule has 1 saturated heterocycles. The van der Waals surface area contributed by atoms with E-state index in [0.717, 1.165) is 6.54 Å². The lowest BCUT2D eigenvalue weighted by Gasteiger charge is -2.36. The fourth-order valence-corrected chi connectivity index (χ4v) is 6.56. The van der Waals surface area contributed by atoms with E-state index in [9.17, 15) is 22.8 Å². The molecule has 0 spiro atoms. The molecular formula is C26H32N4O7S. The number of esters is 1. The Kier molecular flexibility index (Phi) is 8.05. The van der Waals surface area contributed by atoms with E-state index in [4.69, 9.17) is 15.2 Å². The number of benzene rings is 2. The first kappa shape index (κ1) is 27.6. The molecule has 1 fully saturated rings. The monoisotopic (exact) mass is 544 g/mol. The second-order valence-electron chi connectivity index (χ2n) is 9.38. The highest BCUT2D eigenvalue weighted by molar-refractivity contribution is 7.89.